The van der Waals surface area contributed by atoms with Gasteiger partial charge in [-0.2, -0.15) is 0 Å². The van der Waals surface area contributed by atoms with Gasteiger partial charge in [0.25, 0.3) is 20.0 Å². The van der Waals surface area contributed by atoms with E-state index in [1.807, 2.05) is 28.7 Å². The Hall–Kier alpha value is -2.26. The van der Waals surface area contributed by atoms with Crippen molar-refractivity contribution in [2.45, 2.75) is 30.6 Å². The highest BCUT2D eigenvalue weighted by Crippen LogP contribution is 2.22. The molecule has 0 bridgehead atoms. The summed E-state index contributed by atoms with van der Waals surface area (Å²) in [6.07, 6.45) is 0. The van der Waals surface area contributed by atoms with Gasteiger partial charge in [-0.15, -0.1) is 9.66 Å². The van der Waals surface area contributed by atoms with Crippen LogP contribution in [0.4, 0.5) is 0 Å². The van der Waals surface area contributed by atoms with E-state index in [1.165, 1.54) is 12.1 Å². The average molecular weight is 405 g/mol. The largest absolute Gasteiger partial charge is 0.254 e. The third-order valence-corrected chi connectivity index (χ3v) is 7.14. The normalized spacial score (nSPS) is 12.4. The van der Waals surface area contributed by atoms with Gasteiger partial charge < -0.3 is 0 Å². The third-order valence-electron chi connectivity index (χ3n) is 4.22. The van der Waals surface area contributed by atoms with Crippen molar-refractivity contribution < 1.29 is 16.8 Å². The Balaban J connectivity index is 1.90. The first-order chi connectivity index (χ1) is 12.6. The van der Waals surface area contributed by atoms with Crippen molar-refractivity contribution in [1.82, 2.24) is 9.66 Å². The van der Waals surface area contributed by atoms with E-state index >= 15 is 0 Å². The van der Waals surface area contributed by atoms with Gasteiger partial charge in [0.1, 0.15) is 0 Å². The molecule has 3 aromatic carbocycles. The molecule has 27 heavy (non-hydrogen) atoms. The topological polar surface area (TPSA) is 92.3 Å². The van der Waals surface area contributed by atoms with Gasteiger partial charge in [0.05, 0.1) is 9.79 Å². The lowest BCUT2D eigenvalue weighted by molar-refractivity contribution is 0.557. The van der Waals surface area contributed by atoms with Gasteiger partial charge in [-0.3, -0.25) is 0 Å². The van der Waals surface area contributed by atoms with E-state index in [2.05, 4.69) is 0 Å². The molecule has 0 saturated heterocycles. The van der Waals surface area contributed by atoms with E-state index < -0.39 is 20.0 Å². The quantitative estimate of drug-likeness (QED) is 0.640. The highest BCUT2D eigenvalue weighted by atomic mass is 32.2. The van der Waals surface area contributed by atoms with Crippen molar-refractivity contribution in [2.24, 2.45) is 0 Å². The summed E-state index contributed by atoms with van der Waals surface area (Å²) in [6, 6.07) is 15.4. The molecule has 2 N–H and O–H groups in total. The van der Waals surface area contributed by atoms with Crippen LogP contribution in [-0.4, -0.2) is 16.8 Å². The van der Waals surface area contributed by atoms with E-state index in [0.717, 1.165) is 16.3 Å². The lowest BCUT2D eigenvalue weighted by atomic mass is 10.1. The first-order valence-electron chi connectivity index (χ1n) is 8.20. The number of nitrogens with one attached hydrogen (secondary N) is 2. The Bertz CT molecular complexity index is 1210. The van der Waals surface area contributed by atoms with Gasteiger partial charge in [0, 0.05) is 0 Å². The van der Waals surface area contributed by atoms with Crippen LogP contribution in [0.2, 0.25) is 0 Å². The fourth-order valence-corrected chi connectivity index (χ4v) is 5.74. The fourth-order valence-electron chi connectivity index (χ4n) is 3.14. The molecule has 142 valence electrons. The zero-order valence-electron chi connectivity index (χ0n) is 15.1. The number of sulfonamides is 2. The molecular formula is C19H20N2O4S2. The average Bonchev–Trinajstić information content (AvgIpc) is 2.58. The molecule has 0 spiro atoms. The number of hydrazine groups is 1. The van der Waals surface area contributed by atoms with E-state index in [9.17, 15) is 16.8 Å². The maximum Gasteiger partial charge on any atom is 0.254 e. The summed E-state index contributed by atoms with van der Waals surface area (Å²) in [5, 5.41) is 1.64. The molecule has 0 aliphatic carbocycles. The summed E-state index contributed by atoms with van der Waals surface area (Å²) in [5.41, 5.74) is 2.02. The van der Waals surface area contributed by atoms with Crippen molar-refractivity contribution in [2.75, 3.05) is 0 Å². The Morgan fingerprint density at radius 3 is 1.85 bits per heavy atom. The molecule has 6 nitrogen and oxygen atoms in total. The molecule has 0 heterocycles. The molecule has 3 rings (SSSR count). The number of fused-ring (bicyclic) bond motifs is 1. The first kappa shape index (κ1) is 19.5. The highest BCUT2D eigenvalue weighted by molar-refractivity contribution is 7.92. The Labute approximate surface area is 159 Å². The van der Waals surface area contributed by atoms with Crippen LogP contribution in [0.15, 0.2) is 64.4 Å². The Morgan fingerprint density at radius 1 is 0.667 bits per heavy atom. The van der Waals surface area contributed by atoms with Crippen molar-refractivity contribution in [3.8, 4) is 0 Å². The zero-order valence-corrected chi connectivity index (χ0v) is 16.8. The van der Waals surface area contributed by atoms with Crippen LogP contribution in [-0.2, 0) is 20.0 Å². The van der Waals surface area contributed by atoms with Crippen LogP contribution < -0.4 is 9.66 Å². The SMILES string of the molecule is Cc1cc(C)c(S(=O)(=O)NNS(=O)(=O)c2ccc3ccccc3c2)c(C)c1. The van der Waals surface area contributed by atoms with Gasteiger partial charge in [-0.05, 0) is 54.8 Å². The number of rotatable bonds is 5. The van der Waals surface area contributed by atoms with Gasteiger partial charge in [0.2, 0.25) is 0 Å². The molecule has 0 fully saturated rings. The number of benzene rings is 3. The molecule has 3 aromatic rings. The van der Waals surface area contributed by atoms with Crippen LogP contribution in [0.25, 0.3) is 10.8 Å². The molecule has 0 aliphatic rings. The molecule has 0 radical (unpaired) electrons. The highest BCUT2D eigenvalue weighted by Gasteiger charge is 2.23. The molecule has 0 aliphatic heterocycles. The molecule has 0 atom stereocenters. The number of hydrogen-bond acceptors (Lipinski definition) is 4. The Kier molecular flexibility index (Phi) is 5.09. The summed E-state index contributed by atoms with van der Waals surface area (Å²) >= 11 is 0. The lowest BCUT2D eigenvalue weighted by Gasteiger charge is -2.14. The van der Waals surface area contributed by atoms with Crippen molar-refractivity contribution >= 4 is 30.8 Å². The van der Waals surface area contributed by atoms with Crippen LogP contribution in [0.5, 0.6) is 0 Å². The van der Waals surface area contributed by atoms with Crippen LogP contribution in [0.1, 0.15) is 16.7 Å². The number of aryl methyl sites for hydroxylation is 3. The van der Waals surface area contributed by atoms with Crippen LogP contribution in [0.3, 0.4) is 0 Å². The first-order valence-corrected chi connectivity index (χ1v) is 11.2. The van der Waals surface area contributed by atoms with Gasteiger partial charge in [-0.25, -0.2) is 16.8 Å². The van der Waals surface area contributed by atoms with Gasteiger partial charge >= 0.3 is 0 Å². The van der Waals surface area contributed by atoms with Gasteiger partial charge in [0.15, 0.2) is 0 Å². The van der Waals surface area contributed by atoms with Crippen LogP contribution >= 0.6 is 0 Å². The maximum absolute atomic E-state index is 12.6. The second-order valence-electron chi connectivity index (χ2n) is 6.45. The fraction of sp³-hybridized carbons (Fsp3) is 0.158. The standard InChI is InChI=1S/C19H20N2O4S2/c1-13-10-14(2)19(15(3)11-13)27(24,25)21-20-26(22,23)18-9-8-16-6-4-5-7-17(16)12-18/h4-12,20-21H,1-3H3. The molecular weight excluding hydrogens is 384 g/mol. The Morgan fingerprint density at radius 2 is 1.22 bits per heavy atom. The molecule has 8 heteroatoms. The molecule has 0 amide bonds. The molecule has 0 unspecified atom stereocenters. The second-order valence-corrected chi connectivity index (χ2v) is 9.75. The van der Waals surface area contributed by atoms with E-state index in [4.69, 9.17) is 0 Å². The maximum atomic E-state index is 12.6. The van der Waals surface area contributed by atoms with Crippen LogP contribution in [0, 0.1) is 20.8 Å². The van der Waals surface area contributed by atoms with Crippen molar-refractivity contribution in [3.05, 3.63) is 71.3 Å². The minimum Gasteiger partial charge on any atom is -0.206 e. The monoisotopic (exact) mass is 404 g/mol. The van der Waals surface area contributed by atoms with E-state index in [1.54, 1.807) is 44.2 Å². The summed E-state index contributed by atoms with van der Waals surface area (Å²) < 4.78 is 50.4. The smallest absolute Gasteiger partial charge is 0.206 e. The summed E-state index contributed by atoms with van der Waals surface area (Å²) in [5.74, 6) is 0. The number of hydrogen-bond donors (Lipinski definition) is 2. The summed E-state index contributed by atoms with van der Waals surface area (Å²) in [7, 11) is -8.13. The summed E-state index contributed by atoms with van der Waals surface area (Å²) in [6.45, 7) is 5.21. The lowest BCUT2D eigenvalue weighted by Crippen LogP contribution is -2.41. The van der Waals surface area contributed by atoms with E-state index in [-0.39, 0.29) is 9.79 Å². The minimum atomic E-state index is -4.07. The predicted molar refractivity (Wildman–Crippen MR) is 105 cm³/mol. The molecule has 0 saturated carbocycles. The molecule has 0 aromatic heterocycles. The van der Waals surface area contributed by atoms with E-state index in [0.29, 0.717) is 11.1 Å². The summed E-state index contributed by atoms with van der Waals surface area (Å²) in [4.78, 5) is 4.02. The minimum absolute atomic E-state index is 0.0266. The van der Waals surface area contributed by atoms with Crippen molar-refractivity contribution in [1.29, 1.82) is 0 Å². The predicted octanol–water partition coefficient (Wildman–Crippen LogP) is 2.94. The zero-order chi connectivity index (χ0) is 19.8. The second kappa shape index (κ2) is 7.05. The van der Waals surface area contributed by atoms with Gasteiger partial charge in [-0.1, -0.05) is 48.0 Å². The third kappa shape index (κ3) is 4.03. The van der Waals surface area contributed by atoms with Crippen molar-refractivity contribution in [3.63, 3.8) is 0 Å².